The van der Waals surface area contributed by atoms with Gasteiger partial charge in [-0.05, 0) is 39.8 Å². The summed E-state index contributed by atoms with van der Waals surface area (Å²) in [6.45, 7) is 0.506. The van der Waals surface area contributed by atoms with Crippen molar-refractivity contribution in [1.29, 1.82) is 0 Å². The molecule has 0 unspecified atom stereocenters. The first-order valence-corrected chi connectivity index (χ1v) is 4.39. The lowest BCUT2D eigenvalue weighted by molar-refractivity contribution is 1.07. The van der Waals surface area contributed by atoms with Crippen LogP contribution in [0.2, 0.25) is 0 Å². The standard InChI is InChI=1S/C7H7IN4.ClH/c8-6-3-5(4-9)1-2-7(6)11-12-10;/h1-3H,4,9H2;1H. The van der Waals surface area contributed by atoms with Gasteiger partial charge in [0, 0.05) is 15.0 Å². The van der Waals surface area contributed by atoms with E-state index in [1.807, 2.05) is 12.1 Å². The van der Waals surface area contributed by atoms with Crippen molar-refractivity contribution in [1.82, 2.24) is 0 Å². The van der Waals surface area contributed by atoms with Gasteiger partial charge in [-0.3, -0.25) is 0 Å². The zero-order chi connectivity index (χ0) is 8.97. The van der Waals surface area contributed by atoms with Crippen LogP contribution in [0.4, 0.5) is 5.69 Å². The minimum atomic E-state index is 0. The Balaban J connectivity index is 0.00000144. The molecule has 0 fully saturated rings. The predicted octanol–water partition coefficient (Wildman–Crippen LogP) is 3.11. The first-order chi connectivity index (χ1) is 5.77. The molecule has 0 aliphatic carbocycles. The molecule has 4 nitrogen and oxygen atoms in total. The van der Waals surface area contributed by atoms with Gasteiger partial charge in [0.15, 0.2) is 0 Å². The topological polar surface area (TPSA) is 74.8 Å². The first kappa shape index (κ1) is 12.5. The monoisotopic (exact) mass is 310 g/mol. The Labute approximate surface area is 95.7 Å². The number of nitrogens with zero attached hydrogens (tertiary/aromatic N) is 3. The molecular weight excluding hydrogens is 302 g/mol. The molecule has 0 bridgehead atoms. The van der Waals surface area contributed by atoms with Crippen molar-refractivity contribution >= 4 is 40.7 Å². The van der Waals surface area contributed by atoms with Crippen LogP contribution in [-0.2, 0) is 6.54 Å². The molecule has 6 heteroatoms. The first-order valence-electron chi connectivity index (χ1n) is 3.31. The minimum absolute atomic E-state index is 0. The van der Waals surface area contributed by atoms with E-state index < -0.39 is 0 Å². The number of azide groups is 1. The van der Waals surface area contributed by atoms with Crippen LogP contribution < -0.4 is 5.73 Å². The summed E-state index contributed by atoms with van der Waals surface area (Å²) < 4.78 is 0.924. The molecule has 0 radical (unpaired) electrons. The molecule has 0 aliphatic rings. The highest BCUT2D eigenvalue weighted by Crippen LogP contribution is 2.22. The van der Waals surface area contributed by atoms with Gasteiger partial charge in [0.2, 0.25) is 0 Å². The van der Waals surface area contributed by atoms with Gasteiger partial charge in [0.25, 0.3) is 0 Å². The molecule has 0 saturated carbocycles. The second kappa shape index (κ2) is 6.04. The summed E-state index contributed by atoms with van der Waals surface area (Å²) in [5.41, 5.74) is 15.3. The molecule has 1 aromatic rings. The lowest BCUT2D eigenvalue weighted by atomic mass is 10.2. The summed E-state index contributed by atoms with van der Waals surface area (Å²) in [6, 6.07) is 5.53. The van der Waals surface area contributed by atoms with Crippen LogP contribution in [0.25, 0.3) is 10.4 Å². The molecule has 0 heterocycles. The molecular formula is C7H8ClIN4. The zero-order valence-corrected chi connectivity index (χ0v) is 9.62. The Morgan fingerprint density at radius 2 is 2.23 bits per heavy atom. The Morgan fingerprint density at radius 3 is 2.69 bits per heavy atom. The highest BCUT2D eigenvalue weighted by atomic mass is 127. The molecule has 0 aromatic heterocycles. The number of nitrogens with two attached hydrogens (primary N) is 1. The Morgan fingerprint density at radius 1 is 1.54 bits per heavy atom. The van der Waals surface area contributed by atoms with E-state index in [1.54, 1.807) is 6.07 Å². The summed E-state index contributed by atoms with van der Waals surface area (Å²) in [5, 5.41) is 3.51. The van der Waals surface area contributed by atoms with E-state index in [0.717, 1.165) is 9.13 Å². The van der Waals surface area contributed by atoms with E-state index in [0.29, 0.717) is 12.2 Å². The fourth-order valence-corrected chi connectivity index (χ4v) is 1.49. The Hall–Kier alpha value is -0.490. The number of benzene rings is 1. The van der Waals surface area contributed by atoms with Crippen molar-refractivity contribution < 1.29 is 0 Å². The lowest BCUT2D eigenvalue weighted by Crippen LogP contribution is -1.95. The Bertz CT molecular complexity index is 335. The molecule has 2 N–H and O–H groups in total. The van der Waals surface area contributed by atoms with Crippen molar-refractivity contribution in [3.05, 3.63) is 37.8 Å². The average Bonchev–Trinajstić information content (AvgIpc) is 2.09. The summed E-state index contributed by atoms with van der Waals surface area (Å²) in [7, 11) is 0. The number of hydrogen-bond donors (Lipinski definition) is 1. The van der Waals surface area contributed by atoms with Crippen LogP contribution in [0.15, 0.2) is 23.3 Å². The molecule has 0 spiro atoms. The lowest BCUT2D eigenvalue weighted by Gasteiger charge is -1.99. The molecule has 0 saturated heterocycles. The summed E-state index contributed by atoms with van der Waals surface area (Å²) in [6.07, 6.45) is 0. The fraction of sp³-hybridized carbons (Fsp3) is 0.143. The molecule has 0 aliphatic heterocycles. The van der Waals surface area contributed by atoms with Crippen LogP contribution in [0.1, 0.15) is 5.56 Å². The molecule has 1 aromatic carbocycles. The smallest absolute Gasteiger partial charge is 0.0509 e. The van der Waals surface area contributed by atoms with Crippen molar-refractivity contribution in [2.75, 3.05) is 0 Å². The third kappa shape index (κ3) is 3.40. The molecule has 0 amide bonds. The second-order valence-corrected chi connectivity index (χ2v) is 3.34. The highest BCUT2D eigenvalue weighted by molar-refractivity contribution is 14.1. The van der Waals surface area contributed by atoms with Crippen LogP contribution in [-0.4, -0.2) is 0 Å². The van der Waals surface area contributed by atoms with E-state index in [-0.39, 0.29) is 12.4 Å². The minimum Gasteiger partial charge on any atom is -0.326 e. The summed E-state index contributed by atoms with van der Waals surface area (Å²) in [4.78, 5) is 2.71. The molecule has 1 rings (SSSR count). The number of rotatable bonds is 2. The number of hydrogen-bond acceptors (Lipinski definition) is 2. The van der Waals surface area contributed by atoms with Gasteiger partial charge in [-0.1, -0.05) is 17.2 Å². The van der Waals surface area contributed by atoms with E-state index in [9.17, 15) is 0 Å². The van der Waals surface area contributed by atoms with Gasteiger partial charge < -0.3 is 5.73 Å². The van der Waals surface area contributed by atoms with E-state index in [4.69, 9.17) is 11.3 Å². The maximum absolute atomic E-state index is 8.20. The third-order valence-electron chi connectivity index (χ3n) is 1.40. The molecule has 0 atom stereocenters. The van der Waals surface area contributed by atoms with Crippen molar-refractivity contribution in [3.8, 4) is 0 Å². The highest BCUT2D eigenvalue weighted by Gasteiger charge is 1.97. The van der Waals surface area contributed by atoms with Crippen LogP contribution >= 0.6 is 35.0 Å². The average molecular weight is 311 g/mol. The van der Waals surface area contributed by atoms with Crippen molar-refractivity contribution in [3.63, 3.8) is 0 Å². The summed E-state index contributed by atoms with van der Waals surface area (Å²) in [5.74, 6) is 0. The maximum atomic E-state index is 8.20. The predicted molar refractivity (Wildman–Crippen MR) is 63.1 cm³/mol. The van der Waals surface area contributed by atoms with Gasteiger partial charge in [0.05, 0.1) is 5.69 Å². The van der Waals surface area contributed by atoms with Crippen LogP contribution in [0.5, 0.6) is 0 Å². The maximum Gasteiger partial charge on any atom is 0.0509 e. The largest absolute Gasteiger partial charge is 0.326 e. The molecule has 70 valence electrons. The van der Waals surface area contributed by atoms with Crippen molar-refractivity contribution in [2.45, 2.75) is 6.54 Å². The fourth-order valence-electron chi connectivity index (χ4n) is 0.807. The van der Waals surface area contributed by atoms with Gasteiger partial charge in [-0.25, -0.2) is 0 Å². The van der Waals surface area contributed by atoms with E-state index in [2.05, 4.69) is 32.6 Å². The quantitative estimate of drug-likeness (QED) is 0.387. The SMILES string of the molecule is Cl.[N-]=[N+]=Nc1ccc(CN)cc1I. The summed E-state index contributed by atoms with van der Waals surface area (Å²) >= 11 is 2.11. The van der Waals surface area contributed by atoms with Crippen LogP contribution in [0, 0.1) is 3.57 Å². The van der Waals surface area contributed by atoms with Crippen molar-refractivity contribution in [2.24, 2.45) is 10.8 Å². The van der Waals surface area contributed by atoms with E-state index >= 15 is 0 Å². The number of halogens is 2. The van der Waals surface area contributed by atoms with Gasteiger partial charge >= 0.3 is 0 Å². The van der Waals surface area contributed by atoms with E-state index in [1.165, 1.54) is 0 Å². The van der Waals surface area contributed by atoms with Gasteiger partial charge in [-0.15, -0.1) is 12.4 Å². The molecule has 13 heavy (non-hydrogen) atoms. The van der Waals surface area contributed by atoms with Gasteiger partial charge in [0.1, 0.15) is 0 Å². The second-order valence-electron chi connectivity index (χ2n) is 2.18. The zero-order valence-electron chi connectivity index (χ0n) is 6.64. The third-order valence-corrected chi connectivity index (χ3v) is 2.26. The van der Waals surface area contributed by atoms with Gasteiger partial charge in [-0.2, -0.15) is 0 Å². The normalized spacial score (nSPS) is 8.46. The Kier molecular flexibility index (Phi) is 5.81. The van der Waals surface area contributed by atoms with Crippen LogP contribution in [0.3, 0.4) is 0 Å².